The first kappa shape index (κ1) is 14.3. The monoisotopic (exact) mass is 243 g/mol. The van der Waals surface area contributed by atoms with E-state index in [2.05, 4.69) is 17.3 Å². The van der Waals surface area contributed by atoms with Crippen molar-refractivity contribution in [2.24, 2.45) is 11.7 Å². The Kier molecular flexibility index (Phi) is 4.77. The van der Waals surface area contributed by atoms with Crippen LogP contribution in [0.15, 0.2) is 0 Å². The van der Waals surface area contributed by atoms with Crippen molar-refractivity contribution in [2.75, 3.05) is 26.7 Å². The minimum Gasteiger partial charge on any atom is -0.444 e. The third-order valence-electron chi connectivity index (χ3n) is 2.95. The molecule has 0 bridgehead atoms. The standard InChI is InChI=1S/C12H25N3O2/c1-12(2,3)17-11(16)14-10(7-13)9-5-6-15(4)8-9/h9-10H,5-8,13H2,1-4H3,(H,14,16). The van der Waals surface area contributed by atoms with Crippen molar-refractivity contribution in [3.05, 3.63) is 0 Å². The number of ether oxygens (including phenoxy) is 1. The molecule has 17 heavy (non-hydrogen) atoms. The van der Waals surface area contributed by atoms with Crippen LogP contribution in [-0.4, -0.2) is 49.3 Å². The highest BCUT2D eigenvalue weighted by molar-refractivity contribution is 5.68. The molecule has 1 heterocycles. The number of likely N-dealkylation sites (tertiary alicyclic amines) is 1. The Labute approximate surface area is 104 Å². The molecule has 5 heteroatoms. The highest BCUT2D eigenvalue weighted by Crippen LogP contribution is 2.18. The van der Waals surface area contributed by atoms with E-state index in [0.29, 0.717) is 12.5 Å². The van der Waals surface area contributed by atoms with Gasteiger partial charge in [-0.15, -0.1) is 0 Å². The van der Waals surface area contributed by atoms with E-state index in [1.807, 2.05) is 20.8 Å². The Balaban J connectivity index is 2.44. The number of rotatable bonds is 3. The molecule has 0 radical (unpaired) electrons. The molecule has 0 saturated carbocycles. The number of alkyl carbamates (subject to hydrolysis) is 1. The van der Waals surface area contributed by atoms with Gasteiger partial charge in [0.25, 0.3) is 0 Å². The molecule has 1 amide bonds. The summed E-state index contributed by atoms with van der Waals surface area (Å²) in [5, 5.41) is 2.87. The first-order chi connectivity index (χ1) is 7.81. The van der Waals surface area contributed by atoms with E-state index in [1.54, 1.807) is 0 Å². The second-order valence-corrected chi connectivity index (χ2v) is 5.80. The summed E-state index contributed by atoms with van der Waals surface area (Å²) in [7, 11) is 2.08. The van der Waals surface area contributed by atoms with Crippen molar-refractivity contribution in [2.45, 2.75) is 38.8 Å². The third kappa shape index (κ3) is 4.91. The average molecular weight is 243 g/mol. The highest BCUT2D eigenvalue weighted by atomic mass is 16.6. The fourth-order valence-electron chi connectivity index (χ4n) is 2.13. The number of hydrogen-bond donors (Lipinski definition) is 2. The molecule has 0 aliphatic carbocycles. The van der Waals surface area contributed by atoms with Gasteiger partial charge < -0.3 is 20.7 Å². The van der Waals surface area contributed by atoms with Crippen LogP contribution in [0.1, 0.15) is 27.2 Å². The van der Waals surface area contributed by atoms with Gasteiger partial charge in [0, 0.05) is 19.1 Å². The van der Waals surface area contributed by atoms with E-state index in [-0.39, 0.29) is 12.1 Å². The first-order valence-electron chi connectivity index (χ1n) is 6.20. The van der Waals surface area contributed by atoms with E-state index in [9.17, 15) is 4.79 Å². The van der Waals surface area contributed by atoms with E-state index in [0.717, 1.165) is 19.5 Å². The van der Waals surface area contributed by atoms with Gasteiger partial charge in [0.2, 0.25) is 0 Å². The predicted molar refractivity (Wildman–Crippen MR) is 67.8 cm³/mol. The minimum absolute atomic E-state index is 0.00907. The quantitative estimate of drug-likeness (QED) is 0.769. The maximum Gasteiger partial charge on any atom is 0.407 e. The summed E-state index contributed by atoms with van der Waals surface area (Å²) in [5.41, 5.74) is 5.26. The number of hydrogen-bond acceptors (Lipinski definition) is 4. The van der Waals surface area contributed by atoms with Gasteiger partial charge in [-0.3, -0.25) is 0 Å². The van der Waals surface area contributed by atoms with Gasteiger partial charge in [-0.25, -0.2) is 4.79 Å². The molecule has 5 nitrogen and oxygen atoms in total. The molecule has 0 aromatic carbocycles. The zero-order valence-corrected chi connectivity index (χ0v) is 11.3. The van der Waals surface area contributed by atoms with Gasteiger partial charge >= 0.3 is 6.09 Å². The lowest BCUT2D eigenvalue weighted by Crippen LogP contribution is -2.47. The lowest BCUT2D eigenvalue weighted by atomic mass is 9.99. The molecular weight excluding hydrogens is 218 g/mol. The van der Waals surface area contributed by atoms with Gasteiger partial charge in [-0.2, -0.15) is 0 Å². The van der Waals surface area contributed by atoms with Crippen molar-refractivity contribution in [1.29, 1.82) is 0 Å². The van der Waals surface area contributed by atoms with Crippen LogP contribution in [0.25, 0.3) is 0 Å². The van der Waals surface area contributed by atoms with Crippen LogP contribution in [0.5, 0.6) is 0 Å². The Hall–Kier alpha value is -0.810. The Morgan fingerprint density at radius 1 is 1.59 bits per heavy atom. The molecule has 1 saturated heterocycles. The van der Waals surface area contributed by atoms with Crippen molar-refractivity contribution in [1.82, 2.24) is 10.2 Å². The van der Waals surface area contributed by atoms with E-state index in [1.165, 1.54) is 0 Å². The molecule has 0 aromatic heterocycles. The number of carbonyl (C=O) groups excluding carboxylic acids is 1. The second kappa shape index (κ2) is 5.69. The largest absolute Gasteiger partial charge is 0.444 e. The van der Waals surface area contributed by atoms with Gasteiger partial charge in [0.15, 0.2) is 0 Å². The van der Waals surface area contributed by atoms with E-state index in [4.69, 9.17) is 10.5 Å². The van der Waals surface area contributed by atoms with Gasteiger partial charge in [0.05, 0.1) is 0 Å². The lowest BCUT2D eigenvalue weighted by molar-refractivity contribution is 0.0489. The van der Waals surface area contributed by atoms with Crippen LogP contribution in [0.2, 0.25) is 0 Å². The van der Waals surface area contributed by atoms with Crippen molar-refractivity contribution < 1.29 is 9.53 Å². The number of carbonyl (C=O) groups is 1. The zero-order chi connectivity index (χ0) is 13.1. The Bertz CT molecular complexity index is 263. The smallest absolute Gasteiger partial charge is 0.407 e. The van der Waals surface area contributed by atoms with Crippen molar-refractivity contribution >= 4 is 6.09 Å². The molecule has 2 atom stereocenters. The molecule has 1 rings (SSSR count). The molecule has 1 aliphatic rings. The SMILES string of the molecule is CN1CCC(C(CN)NC(=O)OC(C)(C)C)C1. The summed E-state index contributed by atoms with van der Waals surface area (Å²) in [6.45, 7) is 8.07. The first-order valence-corrected chi connectivity index (χ1v) is 6.20. The van der Waals surface area contributed by atoms with Crippen LogP contribution in [0, 0.1) is 5.92 Å². The average Bonchev–Trinajstić information content (AvgIpc) is 2.58. The van der Waals surface area contributed by atoms with Gasteiger partial charge in [-0.1, -0.05) is 0 Å². The summed E-state index contributed by atoms with van der Waals surface area (Å²) < 4.78 is 5.24. The van der Waals surface area contributed by atoms with Crippen molar-refractivity contribution in [3.8, 4) is 0 Å². The predicted octanol–water partition coefficient (Wildman–Crippen LogP) is 0.790. The molecular formula is C12H25N3O2. The summed E-state index contributed by atoms with van der Waals surface area (Å²) in [6.07, 6.45) is 0.705. The fraction of sp³-hybridized carbons (Fsp3) is 0.917. The Morgan fingerprint density at radius 3 is 2.65 bits per heavy atom. The molecule has 0 spiro atoms. The van der Waals surface area contributed by atoms with Gasteiger partial charge in [-0.05, 0) is 46.7 Å². The molecule has 1 aliphatic heterocycles. The molecule has 100 valence electrons. The summed E-state index contributed by atoms with van der Waals surface area (Å²) in [4.78, 5) is 13.9. The van der Waals surface area contributed by atoms with E-state index < -0.39 is 5.60 Å². The van der Waals surface area contributed by atoms with Crippen LogP contribution < -0.4 is 11.1 Å². The van der Waals surface area contributed by atoms with Gasteiger partial charge in [0.1, 0.15) is 5.60 Å². The number of nitrogens with zero attached hydrogens (tertiary/aromatic N) is 1. The summed E-state index contributed by atoms with van der Waals surface area (Å²) in [6, 6.07) is 0.00907. The zero-order valence-electron chi connectivity index (χ0n) is 11.3. The maximum absolute atomic E-state index is 11.7. The summed E-state index contributed by atoms with van der Waals surface area (Å²) in [5.74, 6) is 0.428. The lowest BCUT2D eigenvalue weighted by Gasteiger charge is -2.26. The minimum atomic E-state index is -0.463. The number of nitrogens with one attached hydrogen (secondary N) is 1. The van der Waals surface area contributed by atoms with Crippen LogP contribution in [0.4, 0.5) is 4.79 Å². The molecule has 3 N–H and O–H groups in total. The van der Waals surface area contributed by atoms with Crippen LogP contribution >= 0.6 is 0 Å². The van der Waals surface area contributed by atoms with Crippen LogP contribution in [0.3, 0.4) is 0 Å². The topological polar surface area (TPSA) is 67.6 Å². The second-order valence-electron chi connectivity index (χ2n) is 5.80. The highest BCUT2D eigenvalue weighted by Gasteiger charge is 2.29. The maximum atomic E-state index is 11.7. The molecule has 1 fully saturated rings. The molecule has 2 unspecified atom stereocenters. The van der Waals surface area contributed by atoms with E-state index >= 15 is 0 Å². The number of nitrogens with two attached hydrogens (primary N) is 1. The van der Waals surface area contributed by atoms with Crippen molar-refractivity contribution in [3.63, 3.8) is 0 Å². The molecule has 0 aromatic rings. The summed E-state index contributed by atoms with van der Waals surface area (Å²) >= 11 is 0. The fourth-order valence-corrected chi connectivity index (χ4v) is 2.13. The van der Waals surface area contributed by atoms with Crippen LogP contribution in [-0.2, 0) is 4.74 Å². The third-order valence-corrected chi connectivity index (χ3v) is 2.95. The Morgan fingerprint density at radius 2 is 2.24 bits per heavy atom. The normalized spacial score (nSPS) is 23.5. The number of amides is 1.